The second-order valence-corrected chi connectivity index (χ2v) is 4.92. The number of carbonyl (C=O) groups is 1. The van der Waals surface area contributed by atoms with Gasteiger partial charge in [-0.1, -0.05) is 30.3 Å². The summed E-state index contributed by atoms with van der Waals surface area (Å²) in [5.74, 6) is -1.23. The highest BCUT2D eigenvalue weighted by molar-refractivity contribution is 7.80. The molecule has 0 aliphatic carbocycles. The van der Waals surface area contributed by atoms with Crippen molar-refractivity contribution in [2.24, 2.45) is 10.9 Å². The number of esters is 1. The lowest BCUT2D eigenvalue weighted by Crippen LogP contribution is -2.51. The number of hydrogen-bond acceptors (Lipinski definition) is 3. The van der Waals surface area contributed by atoms with Crippen LogP contribution in [0, 0.1) is 5.92 Å². The van der Waals surface area contributed by atoms with E-state index in [1.54, 1.807) is 6.92 Å². The minimum Gasteiger partial charge on any atom is -0.460 e. The fourth-order valence-corrected chi connectivity index (χ4v) is 2.37. The topological polar surface area (TPSA) is 50.7 Å². The smallest absolute Gasteiger partial charge is 0.317 e. The highest BCUT2D eigenvalue weighted by Crippen LogP contribution is 2.16. The van der Waals surface area contributed by atoms with Crippen LogP contribution in [-0.4, -0.2) is 29.5 Å². The summed E-state index contributed by atoms with van der Waals surface area (Å²) in [6, 6.07) is 8.61. The van der Waals surface area contributed by atoms with Gasteiger partial charge < -0.3 is 10.1 Å². The van der Waals surface area contributed by atoms with Gasteiger partial charge in [-0.3, -0.25) is 4.79 Å². The largest absolute Gasteiger partial charge is 0.460 e. The van der Waals surface area contributed by atoms with Gasteiger partial charge in [0.15, 0.2) is 5.11 Å². The van der Waals surface area contributed by atoms with Gasteiger partial charge in [-0.2, -0.15) is 0 Å². The van der Waals surface area contributed by atoms with Crippen molar-refractivity contribution in [2.75, 3.05) is 6.67 Å². The molecule has 0 aromatic heterocycles. The Balaban J connectivity index is 2.03. The second-order valence-electron chi connectivity index (χ2n) is 4.53. The Hall–Kier alpha value is -1.82. The summed E-state index contributed by atoms with van der Waals surface area (Å²) in [5, 5.41) is 2.90. The first-order valence-electron chi connectivity index (χ1n) is 6.24. The molecule has 0 saturated heterocycles. The number of aliphatic imine (C=N–C) groups is 1. The Morgan fingerprint density at radius 2 is 2.15 bits per heavy atom. The maximum Gasteiger partial charge on any atom is 0.317 e. The van der Waals surface area contributed by atoms with Crippen molar-refractivity contribution in [3.63, 3.8) is 0 Å². The summed E-state index contributed by atoms with van der Waals surface area (Å²) < 4.78 is 18.2. The van der Waals surface area contributed by atoms with E-state index in [1.165, 1.54) is 0 Å². The molecular weight excluding hydrogens is 279 g/mol. The lowest BCUT2D eigenvalue weighted by molar-refractivity contribution is -0.148. The average Bonchev–Trinajstić information content (AvgIpc) is 2.45. The Morgan fingerprint density at radius 3 is 2.80 bits per heavy atom. The number of carbonyl (C=O) groups excluding carboxylic acids is 1. The number of nitrogens with one attached hydrogen (secondary N) is 1. The summed E-state index contributed by atoms with van der Waals surface area (Å²) >= 11 is 4.89. The van der Waals surface area contributed by atoms with E-state index in [-0.39, 0.29) is 11.7 Å². The van der Waals surface area contributed by atoms with Crippen molar-refractivity contribution >= 4 is 29.0 Å². The first-order chi connectivity index (χ1) is 9.61. The predicted octanol–water partition coefficient (Wildman–Crippen LogP) is 2.03. The van der Waals surface area contributed by atoms with Gasteiger partial charge >= 0.3 is 5.97 Å². The van der Waals surface area contributed by atoms with Crippen molar-refractivity contribution in [3.05, 3.63) is 35.9 Å². The molecule has 0 spiro atoms. The normalized spacial score (nSPS) is 21.9. The molecule has 4 nitrogen and oxygen atoms in total. The van der Waals surface area contributed by atoms with Crippen LogP contribution in [0.3, 0.4) is 0 Å². The Bertz CT molecular complexity index is 533. The highest BCUT2D eigenvalue weighted by Gasteiger charge is 2.35. The van der Waals surface area contributed by atoms with E-state index in [1.807, 2.05) is 30.3 Å². The molecule has 1 N–H and O–H groups in total. The lowest BCUT2D eigenvalue weighted by atomic mass is 9.94. The van der Waals surface area contributed by atoms with Gasteiger partial charge in [0, 0.05) is 5.71 Å². The third kappa shape index (κ3) is 3.39. The number of rotatable bonds is 4. The number of hydrogen-bond donors (Lipinski definition) is 1. The van der Waals surface area contributed by atoms with E-state index in [4.69, 9.17) is 17.0 Å². The molecule has 0 radical (unpaired) electrons. The molecule has 1 aromatic rings. The third-order valence-corrected chi connectivity index (χ3v) is 3.29. The SMILES string of the molecule is CC1=NC(=S)NC(CF)C1C(=O)OCc1ccccc1. The van der Waals surface area contributed by atoms with Gasteiger partial charge in [-0.05, 0) is 24.7 Å². The minimum atomic E-state index is -0.740. The van der Waals surface area contributed by atoms with E-state index in [0.29, 0.717) is 5.71 Å². The number of thiocarbonyl (C=S) groups is 1. The van der Waals surface area contributed by atoms with E-state index < -0.39 is 24.6 Å². The monoisotopic (exact) mass is 294 g/mol. The van der Waals surface area contributed by atoms with Crippen molar-refractivity contribution in [1.82, 2.24) is 5.32 Å². The van der Waals surface area contributed by atoms with Crippen molar-refractivity contribution in [3.8, 4) is 0 Å². The first kappa shape index (κ1) is 14.6. The molecule has 0 fully saturated rings. The van der Waals surface area contributed by atoms with Crippen molar-refractivity contribution < 1.29 is 13.9 Å². The molecule has 1 aromatic carbocycles. The zero-order valence-corrected chi connectivity index (χ0v) is 11.8. The second kappa shape index (κ2) is 6.56. The number of ether oxygens (including phenoxy) is 1. The molecule has 6 heteroatoms. The maximum absolute atomic E-state index is 13.0. The molecule has 0 saturated carbocycles. The molecule has 2 unspecified atom stereocenters. The third-order valence-electron chi connectivity index (χ3n) is 3.08. The van der Waals surface area contributed by atoms with Gasteiger partial charge in [0.2, 0.25) is 0 Å². The first-order valence-corrected chi connectivity index (χ1v) is 6.65. The van der Waals surface area contributed by atoms with E-state index >= 15 is 0 Å². The Morgan fingerprint density at radius 1 is 1.45 bits per heavy atom. The van der Waals surface area contributed by atoms with Crippen LogP contribution in [0.2, 0.25) is 0 Å². The molecule has 20 heavy (non-hydrogen) atoms. The van der Waals surface area contributed by atoms with E-state index in [9.17, 15) is 9.18 Å². The lowest BCUT2D eigenvalue weighted by Gasteiger charge is -2.28. The quantitative estimate of drug-likeness (QED) is 0.682. The van der Waals surface area contributed by atoms with E-state index in [0.717, 1.165) is 5.56 Å². The van der Waals surface area contributed by atoms with Gasteiger partial charge in [0.1, 0.15) is 19.2 Å². The zero-order valence-electron chi connectivity index (χ0n) is 11.0. The minimum absolute atomic E-state index is 0.160. The molecular formula is C14H15FN2O2S. The number of nitrogens with zero attached hydrogens (tertiary/aromatic N) is 1. The average molecular weight is 294 g/mol. The van der Waals surface area contributed by atoms with Gasteiger partial charge in [-0.15, -0.1) is 0 Å². The summed E-state index contributed by atoms with van der Waals surface area (Å²) in [6.45, 7) is 1.11. The molecule has 1 heterocycles. The van der Waals surface area contributed by atoms with Crippen molar-refractivity contribution in [2.45, 2.75) is 19.6 Å². The van der Waals surface area contributed by atoms with Gasteiger partial charge in [0.05, 0.1) is 6.04 Å². The Labute approximate surface area is 122 Å². The standard InChI is InChI=1S/C14H15FN2O2S/c1-9-12(11(7-15)17-14(20)16-9)13(18)19-8-10-5-3-2-4-6-10/h2-6,11-12H,7-8H2,1H3,(H,17,20). The number of benzene rings is 1. The predicted molar refractivity (Wildman–Crippen MR) is 78.3 cm³/mol. The summed E-state index contributed by atoms with van der Waals surface area (Å²) in [7, 11) is 0. The van der Waals surface area contributed by atoms with Gasteiger partial charge in [-0.25, -0.2) is 9.38 Å². The summed E-state index contributed by atoms with van der Waals surface area (Å²) in [5.41, 5.74) is 1.36. The number of alkyl halides is 1. The van der Waals surface area contributed by atoms with Crippen LogP contribution in [0.5, 0.6) is 0 Å². The number of halogens is 1. The van der Waals surface area contributed by atoms with Crippen molar-refractivity contribution in [1.29, 1.82) is 0 Å². The fraction of sp³-hybridized carbons (Fsp3) is 0.357. The van der Waals surface area contributed by atoms with Crippen LogP contribution in [0.25, 0.3) is 0 Å². The van der Waals surface area contributed by atoms with Gasteiger partial charge in [0.25, 0.3) is 0 Å². The van der Waals surface area contributed by atoms with Crippen LogP contribution in [0.4, 0.5) is 4.39 Å². The van der Waals surface area contributed by atoms with E-state index in [2.05, 4.69) is 10.3 Å². The molecule has 0 bridgehead atoms. The maximum atomic E-state index is 13.0. The Kier molecular flexibility index (Phi) is 4.79. The van der Waals surface area contributed by atoms with Crippen LogP contribution in [0.15, 0.2) is 35.3 Å². The van der Waals surface area contributed by atoms with Crippen LogP contribution < -0.4 is 5.32 Å². The summed E-state index contributed by atoms with van der Waals surface area (Å²) in [4.78, 5) is 16.1. The molecule has 106 valence electrons. The molecule has 0 amide bonds. The van der Waals surface area contributed by atoms with Crippen LogP contribution in [0.1, 0.15) is 12.5 Å². The zero-order chi connectivity index (χ0) is 14.5. The molecule has 1 aliphatic rings. The summed E-state index contributed by atoms with van der Waals surface area (Å²) in [6.07, 6.45) is 0. The molecule has 2 atom stereocenters. The highest BCUT2D eigenvalue weighted by atomic mass is 32.1. The fourth-order valence-electron chi connectivity index (χ4n) is 2.08. The van der Waals surface area contributed by atoms with Crippen LogP contribution in [-0.2, 0) is 16.1 Å². The molecule has 2 rings (SSSR count). The molecule has 1 aliphatic heterocycles. The van der Waals surface area contributed by atoms with Crippen LogP contribution >= 0.6 is 12.2 Å².